The van der Waals surface area contributed by atoms with Crippen molar-refractivity contribution in [3.8, 4) is 0 Å². The highest BCUT2D eigenvalue weighted by atomic mass is 31.2. The normalized spacial score (nSPS) is 12.5. The predicted octanol–water partition coefficient (Wildman–Crippen LogP) is 11.6. The second kappa shape index (κ2) is 13.7. The average molecular weight is 577 g/mol. The van der Waals surface area contributed by atoms with Gasteiger partial charge in [-0.25, -0.2) is 0 Å². The quantitative estimate of drug-likeness (QED) is 0.187. The number of allylic oxidation sites excluding steroid dienone is 1. The number of hydrogen-bond acceptors (Lipinski definition) is 2. The molecule has 220 valence electrons. The lowest BCUT2D eigenvalue weighted by Crippen LogP contribution is -2.16. The topological polar surface area (TPSA) is 24.4 Å². The summed E-state index contributed by atoms with van der Waals surface area (Å²) >= 11 is 0. The summed E-state index contributed by atoms with van der Waals surface area (Å²) in [4.78, 5) is 0. The van der Waals surface area contributed by atoms with E-state index in [9.17, 15) is 0 Å². The van der Waals surface area contributed by atoms with Gasteiger partial charge in [0.2, 0.25) is 0 Å². The van der Waals surface area contributed by atoms with Crippen molar-refractivity contribution in [2.45, 2.75) is 86.0 Å². The van der Waals surface area contributed by atoms with Gasteiger partial charge >= 0.3 is 0 Å². The molecule has 0 aliphatic rings. The van der Waals surface area contributed by atoms with E-state index in [1.807, 2.05) is 0 Å². The zero-order valence-corrected chi connectivity index (χ0v) is 27.9. The molecule has 0 fully saturated rings. The molecule has 0 heterocycles. The van der Waals surface area contributed by atoms with E-state index >= 15 is 0 Å². The van der Waals surface area contributed by atoms with Gasteiger partial charge in [0.25, 0.3) is 0 Å². The van der Waals surface area contributed by atoms with Crippen LogP contribution in [0.5, 0.6) is 0 Å². The molecular formula is C39H49N2P. The van der Waals surface area contributed by atoms with E-state index in [-0.39, 0.29) is 0 Å². The Morgan fingerprint density at radius 2 is 0.929 bits per heavy atom. The summed E-state index contributed by atoms with van der Waals surface area (Å²) in [5.74, 6) is 4.02. The van der Waals surface area contributed by atoms with Crippen molar-refractivity contribution in [2.75, 3.05) is 5.32 Å². The van der Waals surface area contributed by atoms with Crippen LogP contribution in [0, 0.1) is 0 Å². The summed E-state index contributed by atoms with van der Waals surface area (Å²) in [5.41, 5.74) is 8.83. The lowest BCUT2D eigenvalue weighted by molar-refractivity contribution is 0.835. The van der Waals surface area contributed by atoms with Crippen molar-refractivity contribution in [1.29, 1.82) is 0 Å². The third-order valence-corrected chi connectivity index (χ3v) is 11.4. The van der Waals surface area contributed by atoms with E-state index in [4.69, 9.17) is 4.74 Å². The van der Waals surface area contributed by atoms with E-state index in [0.717, 1.165) is 11.4 Å². The molecule has 0 radical (unpaired) electrons. The highest BCUT2D eigenvalue weighted by molar-refractivity contribution is 7.83. The van der Waals surface area contributed by atoms with Crippen LogP contribution in [0.25, 0.3) is 0 Å². The van der Waals surface area contributed by atoms with Crippen LogP contribution < -0.4 is 15.9 Å². The number of anilines is 1. The molecule has 0 aliphatic carbocycles. The number of para-hydroxylation sites is 1. The van der Waals surface area contributed by atoms with E-state index in [2.05, 4.69) is 171 Å². The van der Waals surface area contributed by atoms with Gasteiger partial charge in [0, 0.05) is 22.0 Å². The van der Waals surface area contributed by atoms with Crippen LogP contribution in [-0.4, -0.2) is 0 Å². The maximum absolute atomic E-state index is 5.96. The summed E-state index contributed by atoms with van der Waals surface area (Å²) in [5, 5.41) is 6.44. The first-order chi connectivity index (χ1) is 20.0. The van der Waals surface area contributed by atoms with Crippen molar-refractivity contribution in [3.63, 3.8) is 0 Å². The number of hydrogen-bond donors (Lipinski definition) is 1. The van der Waals surface area contributed by atoms with Crippen LogP contribution in [0.1, 0.15) is 108 Å². The minimum absolute atomic E-state index is 0.366. The molecule has 0 atom stereocenters. The van der Waals surface area contributed by atoms with Gasteiger partial charge in [-0.2, -0.15) is 0 Å². The number of nitrogens with zero attached hydrogens (tertiary/aromatic N) is 1. The fourth-order valence-electron chi connectivity index (χ4n) is 5.74. The third-order valence-electron chi connectivity index (χ3n) is 7.98. The van der Waals surface area contributed by atoms with Crippen LogP contribution in [-0.2, 0) is 0 Å². The van der Waals surface area contributed by atoms with Crippen molar-refractivity contribution in [2.24, 2.45) is 4.74 Å². The molecule has 4 aromatic carbocycles. The molecule has 1 N–H and O–H groups in total. The van der Waals surface area contributed by atoms with Gasteiger partial charge in [0.05, 0.1) is 12.7 Å². The third kappa shape index (κ3) is 6.82. The average Bonchev–Trinajstić information content (AvgIpc) is 2.97. The summed E-state index contributed by atoms with van der Waals surface area (Å²) in [7, 11) is -2.43. The second-order valence-corrected chi connectivity index (χ2v) is 15.5. The Morgan fingerprint density at radius 1 is 0.548 bits per heavy atom. The van der Waals surface area contributed by atoms with Gasteiger partial charge in [0.15, 0.2) is 0 Å². The van der Waals surface area contributed by atoms with Gasteiger partial charge in [-0.15, -0.1) is 0 Å². The van der Waals surface area contributed by atoms with Crippen LogP contribution in [0.3, 0.4) is 0 Å². The first kappa shape index (κ1) is 31.6. The largest absolute Gasteiger partial charge is 0.359 e. The SMILES string of the molecule is C/C(=C/P(=Nc1c(C(C)C)cccc1C(C)C)(c1ccccc1)c1ccccc1)Nc1c(C(C)C)cccc1C(C)C. The van der Waals surface area contributed by atoms with Gasteiger partial charge in [-0.1, -0.05) is 152 Å². The fraction of sp³-hybridized carbons (Fsp3) is 0.333. The van der Waals surface area contributed by atoms with Crippen LogP contribution in [0.15, 0.2) is 113 Å². The summed E-state index contributed by atoms with van der Waals surface area (Å²) in [6.45, 7) is 20.5. The van der Waals surface area contributed by atoms with E-state index in [1.165, 1.54) is 38.6 Å². The molecule has 0 unspecified atom stereocenters. The summed E-state index contributed by atoms with van der Waals surface area (Å²) in [6.07, 6.45) is 0. The Kier molecular flexibility index (Phi) is 10.3. The van der Waals surface area contributed by atoms with E-state index < -0.39 is 7.05 Å². The molecule has 2 nitrogen and oxygen atoms in total. The first-order valence-corrected chi connectivity index (χ1v) is 17.3. The molecule has 4 aromatic rings. The maximum atomic E-state index is 5.96. The van der Waals surface area contributed by atoms with Crippen molar-refractivity contribution in [3.05, 3.63) is 131 Å². The molecule has 0 amide bonds. The molecule has 0 spiro atoms. The standard InChI is InChI=1S/C39H49N2P/c1-27(2)34-22-16-23-35(28(3)4)38(34)40-31(9)26-42(32-18-12-10-13-19-32,33-20-14-11-15-21-33)41-39-36(29(5)6)24-17-25-37(39)30(7)8/h10-30,40H,1-9H3/b31-26-. The fourth-order valence-corrected chi connectivity index (χ4v) is 9.05. The molecule has 0 bridgehead atoms. The summed E-state index contributed by atoms with van der Waals surface area (Å²) in [6, 6.07) is 35.4. The van der Waals surface area contributed by atoms with E-state index in [1.54, 1.807) is 0 Å². The lowest BCUT2D eigenvalue weighted by atomic mass is 9.92. The predicted molar refractivity (Wildman–Crippen MR) is 188 cm³/mol. The number of rotatable bonds is 10. The molecule has 0 aromatic heterocycles. The smallest absolute Gasteiger partial charge is 0.0694 e. The minimum atomic E-state index is -2.43. The molecule has 0 saturated carbocycles. The molecule has 0 aliphatic heterocycles. The molecular weight excluding hydrogens is 527 g/mol. The van der Waals surface area contributed by atoms with Crippen LogP contribution >= 0.6 is 7.05 Å². The Morgan fingerprint density at radius 3 is 1.31 bits per heavy atom. The van der Waals surface area contributed by atoms with Crippen molar-refractivity contribution < 1.29 is 0 Å². The minimum Gasteiger partial charge on any atom is -0.359 e. The zero-order valence-electron chi connectivity index (χ0n) is 27.0. The van der Waals surface area contributed by atoms with Crippen LogP contribution in [0.4, 0.5) is 11.4 Å². The van der Waals surface area contributed by atoms with Gasteiger partial charge < -0.3 is 5.32 Å². The second-order valence-electron chi connectivity index (χ2n) is 12.6. The first-order valence-electron chi connectivity index (χ1n) is 15.5. The number of benzene rings is 4. The Bertz CT molecular complexity index is 1470. The van der Waals surface area contributed by atoms with Crippen LogP contribution in [0.2, 0.25) is 0 Å². The highest BCUT2D eigenvalue weighted by Gasteiger charge is 2.26. The Hall–Kier alpha value is -3.35. The highest BCUT2D eigenvalue weighted by Crippen LogP contribution is 2.54. The summed E-state index contributed by atoms with van der Waals surface area (Å²) < 4.78 is 5.96. The van der Waals surface area contributed by atoms with E-state index in [0.29, 0.717) is 23.7 Å². The van der Waals surface area contributed by atoms with Gasteiger partial charge in [0.1, 0.15) is 0 Å². The lowest BCUT2D eigenvalue weighted by Gasteiger charge is -2.27. The van der Waals surface area contributed by atoms with Crippen molar-refractivity contribution >= 4 is 29.0 Å². The van der Waals surface area contributed by atoms with Gasteiger partial charge in [-0.3, -0.25) is 4.74 Å². The maximum Gasteiger partial charge on any atom is 0.0694 e. The Labute approximate surface area is 255 Å². The Balaban J connectivity index is 2.10. The monoisotopic (exact) mass is 576 g/mol. The molecule has 3 heteroatoms. The van der Waals surface area contributed by atoms with Crippen molar-refractivity contribution in [1.82, 2.24) is 0 Å². The molecule has 4 rings (SSSR count). The molecule has 42 heavy (non-hydrogen) atoms. The zero-order chi connectivity index (χ0) is 30.4. The van der Waals surface area contributed by atoms with Gasteiger partial charge in [-0.05, 0) is 58.7 Å². The number of nitrogens with one attached hydrogen (secondary N) is 1. The molecule has 0 saturated heterocycles.